The molecule has 0 aliphatic heterocycles. The Kier molecular flexibility index (Phi) is 58.2. The van der Waals surface area contributed by atoms with Gasteiger partial charge in [0.1, 0.15) is 19.8 Å². The molecule has 0 aromatic heterocycles. The second-order valence-electron chi connectivity index (χ2n) is 23.1. The normalized spacial score (nSPS) is 13.8. The highest BCUT2D eigenvalue weighted by molar-refractivity contribution is 7.45. The van der Waals surface area contributed by atoms with Gasteiger partial charge in [0.05, 0.1) is 27.7 Å². The van der Waals surface area contributed by atoms with Crippen molar-refractivity contribution in [2.75, 3.05) is 47.5 Å². The van der Waals surface area contributed by atoms with Crippen LogP contribution in [-0.2, 0) is 32.7 Å². The number of phosphoric ester groups is 1. The van der Waals surface area contributed by atoms with Crippen LogP contribution in [0.1, 0.15) is 284 Å². The molecule has 0 spiro atoms. The summed E-state index contributed by atoms with van der Waals surface area (Å²) in [7, 11) is 1.13. The third-order valence-corrected chi connectivity index (χ3v) is 15.1. The maximum atomic E-state index is 12.8. The van der Waals surface area contributed by atoms with Gasteiger partial charge in [0.15, 0.2) is 6.10 Å². The highest BCUT2D eigenvalue weighted by atomic mass is 31.2. The lowest BCUT2D eigenvalue weighted by molar-refractivity contribution is -0.870. The van der Waals surface area contributed by atoms with E-state index in [-0.39, 0.29) is 26.1 Å². The first kappa shape index (κ1) is 76.9. The van der Waals surface area contributed by atoms with Crippen LogP contribution in [0.15, 0.2) is 97.2 Å². The monoisotopic (exact) mass is 1140 g/mol. The average Bonchev–Trinajstić information content (AvgIpc) is 3.42. The molecule has 0 bridgehead atoms. The molecule has 0 aliphatic rings. The van der Waals surface area contributed by atoms with E-state index in [0.717, 1.165) is 83.5 Å². The number of nitrogens with zero attached hydrogens (tertiary/aromatic N) is 1. The van der Waals surface area contributed by atoms with Gasteiger partial charge in [-0.25, -0.2) is 0 Å². The van der Waals surface area contributed by atoms with Gasteiger partial charge in [-0.1, -0.05) is 291 Å². The fraction of sp³-hybridized carbons (Fsp3) is 0.743. The number of carbonyl (C=O) groups excluding carboxylic acids is 2. The quantitative estimate of drug-likeness (QED) is 0.0195. The fourth-order valence-electron chi connectivity index (χ4n) is 9.09. The molecule has 0 aromatic rings. The summed E-state index contributed by atoms with van der Waals surface area (Å²) in [6.07, 6.45) is 83.4. The number of phosphoric acid groups is 1. The summed E-state index contributed by atoms with van der Waals surface area (Å²) in [6.45, 7) is 4.10. The number of unbranched alkanes of at least 4 members (excludes halogenated alkanes) is 30. The number of hydrogen-bond donors (Lipinski definition) is 0. The van der Waals surface area contributed by atoms with Crippen LogP contribution >= 0.6 is 7.82 Å². The van der Waals surface area contributed by atoms with Crippen molar-refractivity contribution in [3.8, 4) is 0 Å². The standard InChI is InChI=1S/C70H124NO8P/c1-6-8-10-12-14-16-18-20-22-24-26-28-30-32-34-35-37-38-40-42-44-46-48-50-52-54-56-58-60-62-69(72)76-66-68(67-78-80(74,75)77-65-64-71(3,4)5)79-70(73)63-61-59-57-55-53-51-49-47-45-43-41-39-36-33-31-29-27-25-23-21-19-17-15-13-11-9-7-2/h9,11,15,17,21,23,27,29,33,36,41,43,47,49,53,55,68H,6-8,10,12-14,16,18-20,22,24-26,28,30-32,34-35,37-40,42,44-46,48,50-52,54,56-67H2,1-5H3/b11-9-,17-15-,23-21-,29-27-,36-33-,43-41-,49-47-,55-53-. The van der Waals surface area contributed by atoms with E-state index in [1.807, 2.05) is 21.1 Å². The van der Waals surface area contributed by atoms with E-state index in [4.69, 9.17) is 18.5 Å². The van der Waals surface area contributed by atoms with Crippen molar-refractivity contribution in [1.29, 1.82) is 0 Å². The maximum absolute atomic E-state index is 12.8. The Balaban J connectivity index is 4.16. The van der Waals surface area contributed by atoms with Crippen molar-refractivity contribution in [2.45, 2.75) is 290 Å². The minimum Gasteiger partial charge on any atom is -0.756 e. The van der Waals surface area contributed by atoms with Gasteiger partial charge in [0.2, 0.25) is 0 Å². The Morgan fingerprint density at radius 2 is 0.713 bits per heavy atom. The molecule has 0 aromatic carbocycles. The summed E-state index contributed by atoms with van der Waals surface area (Å²) in [5, 5.41) is 0. The summed E-state index contributed by atoms with van der Waals surface area (Å²) < 4.78 is 34.2. The molecule has 0 aliphatic carbocycles. The van der Waals surface area contributed by atoms with E-state index in [9.17, 15) is 19.0 Å². The zero-order valence-electron chi connectivity index (χ0n) is 52.5. The van der Waals surface area contributed by atoms with Gasteiger partial charge in [-0.05, 0) is 77.0 Å². The van der Waals surface area contributed by atoms with E-state index in [2.05, 4.69) is 111 Å². The van der Waals surface area contributed by atoms with Crippen LogP contribution < -0.4 is 4.89 Å². The van der Waals surface area contributed by atoms with Gasteiger partial charge in [0, 0.05) is 12.8 Å². The molecular weight excluding hydrogens is 1010 g/mol. The number of likely N-dealkylation sites (N-methyl/N-ethyl adjacent to an activating group) is 1. The number of hydrogen-bond acceptors (Lipinski definition) is 8. The van der Waals surface area contributed by atoms with Crippen molar-refractivity contribution in [2.24, 2.45) is 0 Å². The predicted molar refractivity (Wildman–Crippen MR) is 342 cm³/mol. The van der Waals surface area contributed by atoms with Gasteiger partial charge in [-0.3, -0.25) is 14.2 Å². The van der Waals surface area contributed by atoms with Gasteiger partial charge in [-0.15, -0.1) is 0 Å². The Bertz CT molecular complexity index is 1670. The molecule has 462 valence electrons. The highest BCUT2D eigenvalue weighted by Gasteiger charge is 2.22. The Hall–Kier alpha value is -3.07. The highest BCUT2D eigenvalue weighted by Crippen LogP contribution is 2.38. The second kappa shape index (κ2) is 60.5. The molecule has 0 saturated carbocycles. The lowest BCUT2D eigenvalue weighted by Crippen LogP contribution is -2.37. The van der Waals surface area contributed by atoms with E-state index in [1.165, 1.54) is 167 Å². The Morgan fingerprint density at radius 3 is 1.06 bits per heavy atom. The largest absolute Gasteiger partial charge is 0.756 e. The summed E-state index contributed by atoms with van der Waals surface area (Å²) in [4.78, 5) is 38.0. The molecule has 0 N–H and O–H groups in total. The first-order valence-corrected chi connectivity index (χ1v) is 34.4. The molecule has 2 unspecified atom stereocenters. The smallest absolute Gasteiger partial charge is 0.306 e. The minimum absolute atomic E-state index is 0.0432. The van der Waals surface area contributed by atoms with Crippen molar-refractivity contribution >= 4 is 19.8 Å². The summed E-state index contributed by atoms with van der Waals surface area (Å²) in [6, 6.07) is 0. The SMILES string of the molecule is CC/C=C\C/C=C\C/C=C\C/C=C\C/C=C\C/C=C\C/C=C\C/C=C\CCCCC(=O)OC(COC(=O)CCCCCCCCCCCCCCCCCCCCCCCCCCCCCCC)COP(=O)([O-])OCC[N+](C)(C)C. The van der Waals surface area contributed by atoms with Crippen LogP contribution in [-0.4, -0.2) is 70.0 Å². The van der Waals surface area contributed by atoms with Crippen LogP contribution in [0, 0.1) is 0 Å². The number of esters is 2. The van der Waals surface area contributed by atoms with Gasteiger partial charge in [0.25, 0.3) is 7.82 Å². The molecule has 0 fully saturated rings. The van der Waals surface area contributed by atoms with E-state index < -0.39 is 32.5 Å². The molecule has 0 amide bonds. The molecular formula is C70H124NO8P. The zero-order chi connectivity index (χ0) is 58.4. The number of ether oxygens (including phenoxy) is 2. The molecule has 10 heteroatoms. The maximum Gasteiger partial charge on any atom is 0.306 e. The van der Waals surface area contributed by atoms with Crippen LogP contribution in [0.4, 0.5) is 0 Å². The van der Waals surface area contributed by atoms with Crippen molar-refractivity contribution in [3.05, 3.63) is 97.2 Å². The third kappa shape index (κ3) is 64.1. The van der Waals surface area contributed by atoms with Crippen LogP contribution in [0.3, 0.4) is 0 Å². The van der Waals surface area contributed by atoms with Crippen LogP contribution in [0.25, 0.3) is 0 Å². The Morgan fingerprint density at radius 1 is 0.400 bits per heavy atom. The van der Waals surface area contributed by atoms with Crippen molar-refractivity contribution in [3.63, 3.8) is 0 Å². The van der Waals surface area contributed by atoms with E-state index in [0.29, 0.717) is 17.4 Å². The molecule has 0 saturated heterocycles. The number of allylic oxidation sites excluding steroid dienone is 16. The fourth-order valence-corrected chi connectivity index (χ4v) is 9.81. The van der Waals surface area contributed by atoms with E-state index >= 15 is 0 Å². The van der Waals surface area contributed by atoms with Gasteiger partial charge in [-0.2, -0.15) is 0 Å². The van der Waals surface area contributed by atoms with Crippen LogP contribution in [0.5, 0.6) is 0 Å². The summed E-state index contributed by atoms with van der Waals surface area (Å²) in [5.74, 6) is -0.880. The number of rotatable bonds is 60. The molecule has 9 nitrogen and oxygen atoms in total. The summed E-state index contributed by atoms with van der Waals surface area (Å²) in [5.41, 5.74) is 0. The van der Waals surface area contributed by atoms with Crippen LogP contribution in [0.2, 0.25) is 0 Å². The Labute approximate surface area is 493 Å². The first-order chi connectivity index (χ1) is 39.0. The lowest BCUT2D eigenvalue weighted by atomic mass is 10.0. The third-order valence-electron chi connectivity index (χ3n) is 14.1. The van der Waals surface area contributed by atoms with Crippen molar-refractivity contribution in [1.82, 2.24) is 0 Å². The molecule has 0 heterocycles. The predicted octanol–water partition coefficient (Wildman–Crippen LogP) is 20.5. The molecule has 0 rings (SSSR count). The first-order valence-electron chi connectivity index (χ1n) is 32.9. The molecule has 0 radical (unpaired) electrons. The summed E-state index contributed by atoms with van der Waals surface area (Å²) >= 11 is 0. The minimum atomic E-state index is -4.66. The van der Waals surface area contributed by atoms with Gasteiger partial charge >= 0.3 is 11.9 Å². The van der Waals surface area contributed by atoms with E-state index in [1.54, 1.807) is 0 Å². The average molecular weight is 1140 g/mol. The zero-order valence-corrected chi connectivity index (χ0v) is 53.4. The molecule has 80 heavy (non-hydrogen) atoms. The lowest BCUT2D eigenvalue weighted by Gasteiger charge is -2.28. The van der Waals surface area contributed by atoms with Gasteiger partial charge < -0.3 is 27.9 Å². The number of quaternary nitrogens is 1. The second-order valence-corrected chi connectivity index (χ2v) is 24.5. The topological polar surface area (TPSA) is 111 Å². The number of carbonyl (C=O) groups is 2. The molecule has 2 atom stereocenters. The van der Waals surface area contributed by atoms with Crippen molar-refractivity contribution < 1.29 is 42.1 Å².